The van der Waals surface area contributed by atoms with Gasteiger partial charge in [0.25, 0.3) is 0 Å². The van der Waals surface area contributed by atoms with Crippen LogP contribution < -0.4 is 10.2 Å². The van der Waals surface area contributed by atoms with Gasteiger partial charge in [-0.1, -0.05) is 66.7 Å². The number of likely N-dealkylation sites (tertiary alicyclic amines) is 1. The molecule has 4 heteroatoms. The summed E-state index contributed by atoms with van der Waals surface area (Å²) in [6.45, 7) is 2.95. The third kappa shape index (κ3) is 5.04. The number of benzene rings is 3. The van der Waals surface area contributed by atoms with E-state index in [9.17, 15) is 4.79 Å². The van der Waals surface area contributed by atoms with Gasteiger partial charge < -0.3 is 10.2 Å². The molecule has 148 valence electrons. The highest BCUT2D eigenvalue weighted by Gasteiger charge is 2.26. The molecule has 29 heavy (non-hydrogen) atoms. The van der Waals surface area contributed by atoms with Gasteiger partial charge in [0, 0.05) is 25.7 Å². The summed E-state index contributed by atoms with van der Waals surface area (Å²) in [7, 11) is 0. The van der Waals surface area contributed by atoms with Crippen molar-refractivity contribution < 1.29 is 4.79 Å². The van der Waals surface area contributed by atoms with Crippen LogP contribution in [0.3, 0.4) is 0 Å². The normalized spacial score (nSPS) is 16.5. The Morgan fingerprint density at radius 3 is 2.00 bits per heavy atom. The van der Waals surface area contributed by atoms with Gasteiger partial charge in [0.15, 0.2) is 0 Å². The number of carbonyl (C=O) groups excluding carboxylic acids is 1. The van der Waals surface area contributed by atoms with Gasteiger partial charge in [0.05, 0.1) is 11.4 Å². The number of carbonyl (C=O) groups is 1. The van der Waals surface area contributed by atoms with Gasteiger partial charge in [0.2, 0.25) is 0 Å². The van der Waals surface area contributed by atoms with E-state index in [2.05, 4.69) is 40.5 Å². The van der Waals surface area contributed by atoms with E-state index in [1.807, 2.05) is 60.7 Å². The van der Waals surface area contributed by atoms with Crippen LogP contribution in [0.4, 0.5) is 16.2 Å². The van der Waals surface area contributed by atoms with Gasteiger partial charge in [0.1, 0.15) is 0 Å². The van der Waals surface area contributed by atoms with Crippen molar-refractivity contribution in [1.29, 1.82) is 0 Å². The molecule has 4 nitrogen and oxygen atoms in total. The number of nitrogens with zero attached hydrogens (tertiary/aromatic N) is 2. The molecule has 1 N–H and O–H groups in total. The number of amides is 2. The predicted octanol–water partition coefficient (Wildman–Crippen LogP) is 4.85. The van der Waals surface area contributed by atoms with Crippen LogP contribution in [0.2, 0.25) is 0 Å². The van der Waals surface area contributed by atoms with Crippen molar-refractivity contribution in [2.75, 3.05) is 24.5 Å². The summed E-state index contributed by atoms with van der Waals surface area (Å²) in [5.41, 5.74) is 3.10. The Morgan fingerprint density at radius 1 is 0.862 bits per heavy atom. The SMILES string of the molecule is O=C(N[C@H]1CCN(CCc2ccccc2)C1)N(c1ccccc1)c1ccccc1. The first kappa shape index (κ1) is 19.2. The van der Waals surface area contributed by atoms with E-state index in [-0.39, 0.29) is 12.1 Å². The fraction of sp³-hybridized carbons (Fsp3) is 0.240. The van der Waals surface area contributed by atoms with Crippen LogP contribution in [0.15, 0.2) is 91.0 Å². The zero-order valence-corrected chi connectivity index (χ0v) is 16.6. The molecule has 1 fully saturated rings. The summed E-state index contributed by atoms with van der Waals surface area (Å²) in [5, 5.41) is 3.25. The van der Waals surface area contributed by atoms with Crippen LogP contribution in [-0.2, 0) is 6.42 Å². The van der Waals surface area contributed by atoms with Crippen LogP contribution in [0.1, 0.15) is 12.0 Å². The molecule has 0 radical (unpaired) electrons. The zero-order chi connectivity index (χ0) is 19.9. The monoisotopic (exact) mass is 385 g/mol. The largest absolute Gasteiger partial charge is 0.333 e. The molecular weight excluding hydrogens is 358 g/mol. The number of anilines is 2. The summed E-state index contributed by atoms with van der Waals surface area (Å²) in [6.07, 6.45) is 2.03. The minimum absolute atomic E-state index is 0.0719. The molecule has 4 rings (SSSR count). The summed E-state index contributed by atoms with van der Waals surface area (Å²) in [5.74, 6) is 0. The van der Waals surface area contributed by atoms with Gasteiger partial charge in [-0.15, -0.1) is 0 Å². The Bertz CT molecular complexity index is 860. The average molecular weight is 386 g/mol. The molecule has 0 spiro atoms. The number of nitrogens with one attached hydrogen (secondary N) is 1. The lowest BCUT2D eigenvalue weighted by atomic mass is 10.1. The summed E-state index contributed by atoms with van der Waals surface area (Å²) in [4.78, 5) is 17.4. The second-order valence-corrected chi connectivity index (χ2v) is 7.48. The summed E-state index contributed by atoms with van der Waals surface area (Å²) < 4.78 is 0. The van der Waals surface area contributed by atoms with Gasteiger partial charge in [-0.25, -0.2) is 4.79 Å². The molecule has 0 aliphatic carbocycles. The van der Waals surface area contributed by atoms with E-state index in [4.69, 9.17) is 0 Å². The molecule has 1 saturated heterocycles. The Morgan fingerprint density at radius 2 is 1.41 bits per heavy atom. The second kappa shape index (κ2) is 9.39. The maximum absolute atomic E-state index is 13.2. The molecule has 1 aliphatic heterocycles. The maximum Gasteiger partial charge on any atom is 0.326 e. The second-order valence-electron chi connectivity index (χ2n) is 7.48. The highest BCUT2D eigenvalue weighted by molar-refractivity contribution is 5.99. The molecule has 3 aromatic carbocycles. The average Bonchev–Trinajstić information content (AvgIpc) is 3.22. The highest BCUT2D eigenvalue weighted by Crippen LogP contribution is 2.25. The van der Waals surface area contributed by atoms with E-state index < -0.39 is 0 Å². The third-order valence-corrected chi connectivity index (χ3v) is 5.39. The van der Waals surface area contributed by atoms with Crippen molar-refractivity contribution >= 4 is 17.4 Å². The molecular formula is C25H27N3O. The molecule has 0 aromatic heterocycles. The quantitative estimate of drug-likeness (QED) is 0.658. The zero-order valence-electron chi connectivity index (χ0n) is 16.6. The van der Waals surface area contributed by atoms with Crippen molar-refractivity contribution in [3.05, 3.63) is 96.6 Å². The van der Waals surface area contributed by atoms with Crippen molar-refractivity contribution in [1.82, 2.24) is 10.2 Å². The predicted molar refractivity (Wildman–Crippen MR) is 119 cm³/mol. The molecule has 2 amide bonds. The van der Waals surface area contributed by atoms with E-state index in [0.29, 0.717) is 0 Å². The lowest BCUT2D eigenvalue weighted by Crippen LogP contribution is -2.44. The highest BCUT2D eigenvalue weighted by atomic mass is 16.2. The number of para-hydroxylation sites is 2. The van der Waals surface area contributed by atoms with Crippen LogP contribution >= 0.6 is 0 Å². The van der Waals surface area contributed by atoms with Crippen molar-refractivity contribution in [3.63, 3.8) is 0 Å². The molecule has 0 saturated carbocycles. The first-order chi connectivity index (χ1) is 14.3. The van der Waals surface area contributed by atoms with Crippen molar-refractivity contribution in [3.8, 4) is 0 Å². The molecule has 1 atom stereocenters. The molecule has 0 bridgehead atoms. The van der Waals surface area contributed by atoms with Gasteiger partial charge in [-0.2, -0.15) is 0 Å². The smallest absolute Gasteiger partial charge is 0.326 e. The van der Waals surface area contributed by atoms with Crippen LogP contribution in [0, 0.1) is 0 Å². The Kier molecular flexibility index (Phi) is 6.22. The van der Waals surface area contributed by atoms with Crippen molar-refractivity contribution in [2.45, 2.75) is 18.9 Å². The van der Waals surface area contributed by atoms with E-state index in [1.54, 1.807) is 4.90 Å². The van der Waals surface area contributed by atoms with Crippen LogP contribution in [-0.4, -0.2) is 36.6 Å². The molecule has 3 aromatic rings. The Hall–Kier alpha value is -3.11. The molecule has 1 aliphatic rings. The van der Waals surface area contributed by atoms with Crippen LogP contribution in [0.5, 0.6) is 0 Å². The first-order valence-electron chi connectivity index (χ1n) is 10.3. The maximum atomic E-state index is 13.2. The number of rotatable bonds is 6. The van der Waals surface area contributed by atoms with Gasteiger partial charge in [-0.3, -0.25) is 4.90 Å². The first-order valence-corrected chi connectivity index (χ1v) is 10.3. The fourth-order valence-corrected chi connectivity index (χ4v) is 3.86. The van der Waals surface area contributed by atoms with E-state index in [0.717, 1.165) is 43.9 Å². The van der Waals surface area contributed by atoms with Gasteiger partial charge in [-0.05, 0) is 42.7 Å². The topological polar surface area (TPSA) is 35.6 Å². The van der Waals surface area contributed by atoms with Crippen molar-refractivity contribution in [2.24, 2.45) is 0 Å². The standard InChI is InChI=1S/C25H27N3O/c29-25(28(23-12-6-2-7-13-23)24-14-8-3-9-15-24)26-22-17-19-27(20-22)18-16-21-10-4-1-5-11-21/h1-15,22H,16-20H2,(H,26,29)/t22-/m0/s1. The lowest BCUT2D eigenvalue weighted by Gasteiger charge is -2.25. The molecule has 0 unspecified atom stereocenters. The summed E-state index contributed by atoms with van der Waals surface area (Å²) in [6, 6.07) is 30.3. The fourth-order valence-electron chi connectivity index (χ4n) is 3.86. The Labute approximate surface area is 172 Å². The number of hydrogen-bond acceptors (Lipinski definition) is 2. The third-order valence-electron chi connectivity index (χ3n) is 5.39. The Balaban J connectivity index is 1.38. The summed E-state index contributed by atoms with van der Waals surface area (Å²) >= 11 is 0. The van der Waals surface area contributed by atoms with E-state index >= 15 is 0 Å². The molecule has 1 heterocycles. The van der Waals surface area contributed by atoms with Crippen LogP contribution in [0.25, 0.3) is 0 Å². The lowest BCUT2D eigenvalue weighted by molar-refractivity contribution is 0.244. The van der Waals surface area contributed by atoms with E-state index in [1.165, 1.54) is 5.56 Å². The minimum atomic E-state index is -0.0719. The minimum Gasteiger partial charge on any atom is -0.333 e. The number of hydrogen-bond donors (Lipinski definition) is 1. The van der Waals surface area contributed by atoms with Gasteiger partial charge >= 0.3 is 6.03 Å². The number of urea groups is 1.